The largest absolute Gasteiger partial charge is 0.332 e. The number of benzene rings is 1. The molecule has 142 valence electrons. The molecule has 1 aromatic heterocycles. The van der Waals surface area contributed by atoms with Crippen molar-refractivity contribution in [3.8, 4) is 0 Å². The van der Waals surface area contributed by atoms with Crippen LogP contribution in [0.2, 0.25) is 0 Å². The molecule has 0 unspecified atom stereocenters. The molecule has 2 aliphatic rings. The summed E-state index contributed by atoms with van der Waals surface area (Å²) in [6.45, 7) is 3.90. The maximum Gasteiger partial charge on any atom is 0.250 e. The van der Waals surface area contributed by atoms with Crippen molar-refractivity contribution in [3.63, 3.8) is 0 Å². The number of rotatable bonds is 4. The molecule has 2 heterocycles. The summed E-state index contributed by atoms with van der Waals surface area (Å²) < 4.78 is 25.6. The first-order chi connectivity index (χ1) is 12.9. The summed E-state index contributed by atoms with van der Waals surface area (Å²) in [4.78, 5) is 21.6. The van der Waals surface area contributed by atoms with E-state index in [2.05, 4.69) is 4.98 Å². The molecule has 1 amide bonds. The van der Waals surface area contributed by atoms with Crippen molar-refractivity contribution >= 4 is 28.2 Å². The van der Waals surface area contributed by atoms with Crippen LogP contribution in [-0.2, 0) is 15.6 Å². The molecular weight excluding hydrogens is 365 g/mol. The second-order valence-electron chi connectivity index (χ2n) is 7.28. The predicted octanol–water partition coefficient (Wildman–Crippen LogP) is 2.93. The SMILES string of the molecule is Cc1cc(C)nc(N2C[S@@](=O)C[C@@H]2C(=O)N(c2ccc(F)cc2)C2CC2)c1. The smallest absolute Gasteiger partial charge is 0.250 e. The van der Waals surface area contributed by atoms with Gasteiger partial charge >= 0.3 is 0 Å². The average molecular weight is 387 g/mol. The van der Waals surface area contributed by atoms with E-state index in [1.54, 1.807) is 17.0 Å². The number of aromatic nitrogens is 1. The maximum atomic E-state index is 13.4. The van der Waals surface area contributed by atoms with Crippen LogP contribution >= 0.6 is 0 Å². The molecule has 5 nitrogen and oxygen atoms in total. The van der Waals surface area contributed by atoms with Gasteiger partial charge in [0.05, 0.1) is 11.6 Å². The Hall–Kier alpha value is -2.28. The fourth-order valence-corrected chi connectivity index (χ4v) is 4.98. The molecule has 1 aliphatic carbocycles. The van der Waals surface area contributed by atoms with Gasteiger partial charge in [-0.1, -0.05) is 0 Å². The number of pyridine rings is 1. The standard InChI is InChI=1S/C20H22FN3O2S/c1-13-9-14(2)22-19(10-13)23-12-27(26)11-18(23)20(25)24(17-7-8-17)16-5-3-15(21)4-6-16/h3-6,9-10,17-18H,7-8,11-12H2,1-2H3/t18-,27+/m1/s1. The molecule has 27 heavy (non-hydrogen) atoms. The zero-order valence-electron chi connectivity index (χ0n) is 15.4. The van der Waals surface area contributed by atoms with Crippen LogP contribution in [-0.4, -0.2) is 38.8 Å². The lowest BCUT2D eigenvalue weighted by Gasteiger charge is -2.30. The second-order valence-corrected chi connectivity index (χ2v) is 8.75. The van der Waals surface area contributed by atoms with Gasteiger partial charge in [0.25, 0.3) is 5.91 Å². The molecule has 1 saturated heterocycles. The highest BCUT2D eigenvalue weighted by molar-refractivity contribution is 7.85. The van der Waals surface area contributed by atoms with Crippen LogP contribution in [0.5, 0.6) is 0 Å². The van der Waals surface area contributed by atoms with Gasteiger partial charge in [-0.05, 0) is 68.7 Å². The molecule has 0 bridgehead atoms. The van der Waals surface area contributed by atoms with Crippen LogP contribution in [0.3, 0.4) is 0 Å². The second kappa shape index (κ2) is 7.03. The molecule has 1 aliphatic heterocycles. The lowest BCUT2D eigenvalue weighted by atomic mass is 10.2. The highest BCUT2D eigenvalue weighted by atomic mass is 32.2. The van der Waals surface area contributed by atoms with Crippen LogP contribution in [0.1, 0.15) is 24.1 Å². The van der Waals surface area contributed by atoms with Gasteiger partial charge in [-0.2, -0.15) is 0 Å². The van der Waals surface area contributed by atoms with E-state index in [1.807, 2.05) is 30.9 Å². The molecule has 0 spiro atoms. The zero-order valence-corrected chi connectivity index (χ0v) is 16.2. The Morgan fingerprint density at radius 3 is 2.56 bits per heavy atom. The first-order valence-corrected chi connectivity index (χ1v) is 10.6. The molecule has 1 saturated carbocycles. The predicted molar refractivity (Wildman–Crippen MR) is 105 cm³/mol. The Bertz CT molecular complexity index is 878. The number of nitrogens with zero attached hydrogens (tertiary/aromatic N) is 3. The van der Waals surface area contributed by atoms with E-state index in [0.717, 1.165) is 24.1 Å². The number of amides is 1. The van der Waals surface area contributed by atoms with Gasteiger partial charge in [0.15, 0.2) is 0 Å². The number of hydrogen-bond acceptors (Lipinski definition) is 4. The molecule has 1 aromatic carbocycles. The molecule has 4 rings (SSSR count). The average Bonchev–Trinajstić information content (AvgIpc) is 3.36. The summed E-state index contributed by atoms with van der Waals surface area (Å²) in [5.41, 5.74) is 2.61. The topological polar surface area (TPSA) is 53.5 Å². The summed E-state index contributed by atoms with van der Waals surface area (Å²) in [5, 5.41) is 0. The van der Waals surface area contributed by atoms with E-state index in [0.29, 0.717) is 17.4 Å². The molecule has 2 atom stereocenters. The third-order valence-electron chi connectivity index (χ3n) is 4.92. The van der Waals surface area contributed by atoms with Crippen LogP contribution in [0.25, 0.3) is 0 Å². The lowest BCUT2D eigenvalue weighted by molar-refractivity contribution is -0.119. The van der Waals surface area contributed by atoms with E-state index < -0.39 is 16.8 Å². The van der Waals surface area contributed by atoms with E-state index in [9.17, 15) is 13.4 Å². The summed E-state index contributed by atoms with van der Waals surface area (Å²) in [5.74, 6) is 0.860. The van der Waals surface area contributed by atoms with Gasteiger partial charge in [0.2, 0.25) is 0 Å². The molecule has 0 N–H and O–H groups in total. The highest BCUT2D eigenvalue weighted by Crippen LogP contribution is 2.34. The van der Waals surface area contributed by atoms with Crippen molar-refractivity contribution in [1.29, 1.82) is 0 Å². The summed E-state index contributed by atoms with van der Waals surface area (Å²) in [7, 11) is -1.11. The van der Waals surface area contributed by atoms with Gasteiger partial charge in [-0.15, -0.1) is 0 Å². The van der Waals surface area contributed by atoms with Crippen molar-refractivity contribution in [2.45, 2.75) is 38.8 Å². The van der Waals surface area contributed by atoms with Gasteiger partial charge < -0.3 is 9.80 Å². The minimum Gasteiger partial charge on any atom is -0.332 e. The lowest BCUT2D eigenvalue weighted by Crippen LogP contribution is -2.48. The van der Waals surface area contributed by atoms with Crippen LogP contribution in [0, 0.1) is 19.7 Å². The number of carbonyl (C=O) groups excluding carboxylic acids is 1. The van der Waals surface area contributed by atoms with E-state index in [-0.39, 0.29) is 23.5 Å². The summed E-state index contributed by atoms with van der Waals surface area (Å²) in [6.07, 6.45) is 1.86. The van der Waals surface area contributed by atoms with E-state index >= 15 is 0 Å². The molecular formula is C20H22FN3O2S. The van der Waals surface area contributed by atoms with E-state index in [1.165, 1.54) is 12.1 Å². The van der Waals surface area contributed by atoms with Gasteiger partial charge in [0.1, 0.15) is 17.7 Å². The van der Waals surface area contributed by atoms with Gasteiger partial charge in [0, 0.05) is 28.2 Å². The monoisotopic (exact) mass is 387 g/mol. The van der Waals surface area contributed by atoms with Crippen molar-refractivity contribution < 1.29 is 13.4 Å². The Labute approximate surface area is 160 Å². The Kier molecular flexibility index (Phi) is 4.72. The summed E-state index contributed by atoms with van der Waals surface area (Å²) in [6, 6.07) is 9.52. The number of hydrogen-bond donors (Lipinski definition) is 0. The zero-order chi connectivity index (χ0) is 19.1. The third kappa shape index (κ3) is 3.74. The Balaban J connectivity index is 1.67. The van der Waals surface area contributed by atoms with Gasteiger partial charge in [-0.3, -0.25) is 9.00 Å². The first-order valence-electron chi connectivity index (χ1n) is 9.08. The molecule has 2 fully saturated rings. The Morgan fingerprint density at radius 1 is 1.22 bits per heavy atom. The fourth-order valence-electron chi connectivity index (χ4n) is 3.57. The number of halogens is 1. The number of carbonyl (C=O) groups is 1. The minimum atomic E-state index is -1.11. The quantitative estimate of drug-likeness (QED) is 0.810. The van der Waals surface area contributed by atoms with Gasteiger partial charge in [-0.25, -0.2) is 9.37 Å². The van der Waals surface area contributed by atoms with Crippen molar-refractivity contribution in [3.05, 3.63) is 53.5 Å². The minimum absolute atomic E-state index is 0.0871. The van der Waals surface area contributed by atoms with Crippen molar-refractivity contribution in [2.24, 2.45) is 0 Å². The number of aryl methyl sites for hydroxylation is 2. The highest BCUT2D eigenvalue weighted by Gasteiger charge is 2.43. The van der Waals surface area contributed by atoms with Crippen LogP contribution < -0.4 is 9.80 Å². The molecule has 0 radical (unpaired) electrons. The number of anilines is 2. The van der Waals surface area contributed by atoms with Crippen LogP contribution in [0.4, 0.5) is 15.9 Å². The molecule has 2 aromatic rings. The first kappa shape index (κ1) is 18.1. The molecule has 7 heteroatoms. The van der Waals surface area contributed by atoms with E-state index in [4.69, 9.17) is 0 Å². The Morgan fingerprint density at radius 2 is 1.93 bits per heavy atom. The summed E-state index contributed by atoms with van der Waals surface area (Å²) >= 11 is 0. The van der Waals surface area contributed by atoms with Crippen molar-refractivity contribution in [1.82, 2.24) is 4.98 Å². The maximum absolute atomic E-state index is 13.4. The third-order valence-corrected chi connectivity index (χ3v) is 6.17. The normalized spacial score (nSPS) is 22.1. The van der Waals surface area contributed by atoms with Crippen molar-refractivity contribution in [2.75, 3.05) is 21.4 Å². The van der Waals surface area contributed by atoms with Crippen LogP contribution in [0.15, 0.2) is 36.4 Å². The fraction of sp³-hybridized carbons (Fsp3) is 0.400.